The average Bonchev–Trinajstić information content (AvgIpc) is 2.77. The van der Waals surface area contributed by atoms with Crippen molar-refractivity contribution in [2.75, 3.05) is 7.11 Å². The van der Waals surface area contributed by atoms with Gasteiger partial charge in [-0.2, -0.15) is 4.39 Å². The third-order valence-electron chi connectivity index (χ3n) is 4.83. The number of phenols is 1. The van der Waals surface area contributed by atoms with Crippen LogP contribution >= 0.6 is 0 Å². The SMILES string of the molecule is COC(=O)[C@@H](Cc1ccc([N+](=O)[O-])c(F)c1)NC(=O)[C@H](Cc1ccc(O)cc1)NC(=O)OC(C)(C)C. The number of alkyl carbamates (subject to hydrolysis) is 1. The number of rotatable bonds is 9. The highest BCUT2D eigenvalue weighted by molar-refractivity contribution is 5.90. The molecule has 2 atom stereocenters. The van der Waals surface area contributed by atoms with Gasteiger partial charge in [-0.15, -0.1) is 0 Å². The predicted molar refractivity (Wildman–Crippen MR) is 126 cm³/mol. The van der Waals surface area contributed by atoms with Gasteiger partial charge in [0.15, 0.2) is 0 Å². The van der Waals surface area contributed by atoms with Crippen molar-refractivity contribution in [2.24, 2.45) is 0 Å². The third-order valence-corrected chi connectivity index (χ3v) is 4.83. The molecule has 0 aliphatic carbocycles. The van der Waals surface area contributed by atoms with Crippen LogP contribution in [0.1, 0.15) is 31.9 Å². The summed E-state index contributed by atoms with van der Waals surface area (Å²) in [4.78, 5) is 47.8. The van der Waals surface area contributed by atoms with Crippen molar-refractivity contribution in [3.63, 3.8) is 0 Å². The molecule has 36 heavy (non-hydrogen) atoms. The van der Waals surface area contributed by atoms with Crippen molar-refractivity contribution in [3.05, 3.63) is 69.5 Å². The van der Waals surface area contributed by atoms with Gasteiger partial charge < -0.3 is 25.2 Å². The Hall–Kier alpha value is -4.22. The number of benzene rings is 2. The number of halogens is 1. The zero-order valence-corrected chi connectivity index (χ0v) is 20.2. The van der Waals surface area contributed by atoms with E-state index >= 15 is 0 Å². The van der Waals surface area contributed by atoms with Crippen LogP contribution in [-0.2, 0) is 31.9 Å². The van der Waals surface area contributed by atoms with Crippen LogP contribution < -0.4 is 10.6 Å². The Balaban J connectivity index is 2.26. The molecule has 0 spiro atoms. The lowest BCUT2D eigenvalue weighted by atomic mass is 10.0. The number of methoxy groups -OCH3 is 1. The fourth-order valence-corrected chi connectivity index (χ4v) is 3.20. The van der Waals surface area contributed by atoms with E-state index in [0.29, 0.717) is 5.56 Å². The van der Waals surface area contributed by atoms with Crippen molar-refractivity contribution in [1.29, 1.82) is 0 Å². The lowest BCUT2D eigenvalue weighted by molar-refractivity contribution is -0.387. The number of amides is 2. The molecule has 2 rings (SSSR count). The normalized spacial score (nSPS) is 12.7. The molecule has 0 unspecified atom stereocenters. The summed E-state index contributed by atoms with van der Waals surface area (Å²) >= 11 is 0. The fourth-order valence-electron chi connectivity index (χ4n) is 3.20. The maximum Gasteiger partial charge on any atom is 0.408 e. The molecule has 0 radical (unpaired) electrons. The van der Waals surface area contributed by atoms with E-state index in [2.05, 4.69) is 10.6 Å². The number of carbonyl (C=O) groups excluding carboxylic acids is 3. The van der Waals surface area contributed by atoms with E-state index in [1.165, 1.54) is 18.2 Å². The van der Waals surface area contributed by atoms with E-state index in [1.54, 1.807) is 32.9 Å². The molecular weight excluding hydrogens is 477 g/mol. The summed E-state index contributed by atoms with van der Waals surface area (Å²) in [5.41, 5.74) is -0.772. The molecule has 0 fully saturated rings. The number of hydrogen-bond donors (Lipinski definition) is 3. The largest absolute Gasteiger partial charge is 0.508 e. The molecule has 0 aliphatic rings. The van der Waals surface area contributed by atoms with Crippen LogP contribution in [0.25, 0.3) is 0 Å². The van der Waals surface area contributed by atoms with Crippen LogP contribution in [0.5, 0.6) is 5.75 Å². The number of esters is 1. The molecule has 0 saturated carbocycles. The molecule has 0 bridgehead atoms. The molecule has 194 valence electrons. The zero-order valence-electron chi connectivity index (χ0n) is 20.2. The summed E-state index contributed by atoms with van der Waals surface area (Å²) in [6.07, 6.45) is -1.11. The number of nitro groups is 1. The van der Waals surface area contributed by atoms with E-state index in [4.69, 9.17) is 9.47 Å². The number of ether oxygens (including phenoxy) is 2. The van der Waals surface area contributed by atoms with Gasteiger partial charge in [0, 0.05) is 18.9 Å². The number of phenolic OH excluding ortho intramolecular Hbond substituents is 1. The first-order valence-corrected chi connectivity index (χ1v) is 10.9. The summed E-state index contributed by atoms with van der Waals surface area (Å²) < 4.78 is 24.0. The van der Waals surface area contributed by atoms with Crippen LogP contribution in [0.4, 0.5) is 14.9 Å². The average molecular weight is 505 g/mol. The highest BCUT2D eigenvalue weighted by Gasteiger charge is 2.30. The van der Waals surface area contributed by atoms with Crippen molar-refractivity contribution in [3.8, 4) is 5.75 Å². The van der Waals surface area contributed by atoms with Crippen LogP contribution in [-0.4, -0.2) is 52.8 Å². The van der Waals surface area contributed by atoms with Gasteiger partial charge in [0.2, 0.25) is 11.7 Å². The Labute approximate surface area is 206 Å². The third kappa shape index (κ3) is 8.53. The Morgan fingerprint density at radius 2 is 1.61 bits per heavy atom. The Morgan fingerprint density at radius 3 is 2.14 bits per heavy atom. The van der Waals surface area contributed by atoms with Crippen LogP contribution in [0.3, 0.4) is 0 Å². The van der Waals surface area contributed by atoms with Gasteiger partial charge in [-0.3, -0.25) is 14.9 Å². The predicted octanol–water partition coefficient (Wildman–Crippen LogP) is 2.78. The van der Waals surface area contributed by atoms with Gasteiger partial charge >= 0.3 is 17.7 Å². The van der Waals surface area contributed by atoms with Crippen LogP contribution in [0, 0.1) is 15.9 Å². The monoisotopic (exact) mass is 505 g/mol. The standard InChI is InChI=1S/C24H28FN3O8/c1-24(2,3)36-23(32)27-18(12-14-5-8-16(29)9-6-14)21(30)26-19(22(31)35-4)13-15-7-10-20(28(33)34)17(25)11-15/h5-11,18-19,29H,12-13H2,1-4H3,(H,26,30)(H,27,32)/t18-,19+/m0/s1. The van der Waals surface area contributed by atoms with Gasteiger partial charge in [0.05, 0.1) is 12.0 Å². The second kappa shape index (κ2) is 12.0. The minimum Gasteiger partial charge on any atom is -0.508 e. The number of aromatic hydroxyl groups is 1. The Morgan fingerprint density at radius 1 is 1.03 bits per heavy atom. The summed E-state index contributed by atoms with van der Waals surface area (Å²) in [5, 5.41) is 25.3. The summed E-state index contributed by atoms with van der Waals surface area (Å²) in [7, 11) is 1.10. The van der Waals surface area contributed by atoms with Gasteiger partial charge in [-0.25, -0.2) is 9.59 Å². The van der Waals surface area contributed by atoms with E-state index in [1.807, 2.05) is 0 Å². The first-order valence-electron chi connectivity index (χ1n) is 10.9. The topological polar surface area (TPSA) is 157 Å². The summed E-state index contributed by atoms with van der Waals surface area (Å²) in [6, 6.07) is 6.59. The summed E-state index contributed by atoms with van der Waals surface area (Å²) in [6.45, 7) is 4.95. The van der Waals surface area contributed by atoms with E-state index in [-0.39, 0.29) is 24.2 Å². The molecule has 0 saturated heterocycles. The van der Waals surface area contributed by atoms with E-state index < -0.39 is 52.1 Å². The van der Waals surface area contributed by atoms with Crippen molar-refractivity contribution in [1.82, 2.24) is 10.6 Å². The molecule has 11 nitrogen and oxygen atoms in total. The minimum atomic E-state index is -1.29. The molecular formula is C24H28FN3O8. The highest BCUT2D eigenvalue weighted by atomic mass is 19.1. The fraction of sp³-hybridized carbons (Fsp3) is 0.375. The molecule has 3 N–H and O–H groups in total. The van der Waals surface area contributed by atoms with Gasteiger partial charge in [-0.1, -0.05) is 18.2 Å². The number of carbonyl (C=O) groups is 3. The maximum atomic E-state index is 14.1. The van der Waals surface area contributed by atoms with Gasteiger partial charge in [-0.05, 0) is 50.1 Å². The number of hydrogen-bond acceptors (Lipinski definition) is 8. The second-order valence-corrected chi connectivity index (χ2v) is 8.90. The van der Waals surface area contributed by atoms with Crippen molar-refractivity contribution < 1.29 is 38.3 Å². The quantitative estimate of drug-likeness (QED) is 0.267. The zero-order chi connectivity index (χ0) is 27.0. The number of nitrogens with zero attached hydrogens (tertiary/aromatic N) is 1. The van der Waals surface area contributed by atoms with Crippen molar-refractivity contribution >= 4 is 23.7 Å². The minimum absolute atomic E-state index is 0.00852. The number of nitrogens with one attached hydrogen (secondary N) is 2. The lowest BCUT2D eigenvalue weighted by Crippen LogP contribution is -2.53. The second-order valence-electron chi connectivity index (χ2n) is 8.90. The Kier molecular flexibility index (Phi) is 9.31. The molecule has 0 aliphatic heterocycles. The number of nitro benzene ring substituents is 1. The maximum absolute atomic E-state index is 14.1. The summed E-state index contributed by atoms with van der Waals surface area (Å²) in [5.74, 6) is -2.68. The Bertz CT molecular complexity index is 1120. The van der Waals surface area contributed by atoms with Gasteiger partial charge in [0.1, 0.15) is 23.4 Å². The van der Waals surface area contributed by atoms with E-state index in [0.717, 1.165) is 19.2 Å². The lowest BCUT2D eigenvalue weighted by Gasteiger charge is -2.25. The molecule has 0 aromatic heterocycles. The smallest absolute Gasteiger partial charge is 0.408 e. The van der Waals surface area contributed by atoms with Crippen LogP contribution in [0.2, 0.25) is 0 Å². The first-order chi connectivity index (χ1) is 16.8. The van der Waals surface area contributed by atoms with Crippen molar-refractivity contribution in [2.45, 2.75) is 51.3 Å². The molecule has 2 aromatic rings. The van der Waals surface area contributed by atoms with Gasteiger partial charge in [0.25, 0.3) is 0 Å². The van der Waals surface area contributed by atoms with Crippen LogP contribution in [0.15, 0.2) is 42.5 Å². The molecule has 0 heterocycles. The molecule has 2 aromatic carbocycles. The highest BCUT2D eigenvalue weighted by Crippen LogP contribution is 2.19. The molecule has 12 heteroatoms. The first kappa shape index (κ1) is 28.0. The van der Waals surface area contributed by atoms with E-state index in [9.17, 15) is 34.0 Å². The molecule has 2 amide bonds.